The standard InChI is InChI=1S/C27H30N4O5S2/c1-4-21-17-36-13-12-30(21)27-16-20(18-37(3,32)33)15-24(29-27)23-10-11-26-25(28-23)14-19(2)31(26)38(34,35)22-8-6-5-7-9-22/h5-11,14-16,21H,4,12-13,17-18H2,1-3H3/t21-/m0/s1. The number of fused-ring (bicyclic) bond motifs is 1. The molecule has 4 heterocycles. The molecule has 1 aromatic carbocycles. The fraction of sp³-hybridized carbons (Fsp3) is 0.333. The number of anilines is 1. The molecule has 11 heteroatoms. The van der Waals surface area contributed by atoms with E-state index in [9.17, 15) is 16.8 Å². The Morgan fingerprint density at radius 2 is 1.74 bits per heavy atom. The zero-order valence-corrected chi connectivity index (χ0v) is 23.2. The first kappa shape index (κ1) is 26.3. The molecule has 0 amide bonds. The maximum Gasteiger partial charge on any atom is 0.268 e. The maximum atomic E-state index is 13.4. The van der Waals surface area contributed by atoms with Crippen molar-refractivity contribution in [2.24, 2.45) is 0 Å². The van der Waals surface area contributed by atoms with Crippen molar-refractivity contribution in [2.75, 3.05) is 30.9 Å². The summed E-state index contributed by atoms with van der Waals surface area (Å²) in [4.78, 5) is 12.0. The lowest BCUT2D eigenvalue weighted by molar-refractivity contribution is 0.0926. The Hall–Kier alpha value is -3.28. The molecule has 3 aromatic heterocycles. The second-order valence-corrected chi connectivity index (χ2v) is 13.5. The van der Waals surface area contributed by atoms with Crippen molar-refractivity contribution in [2.45, 2.75) is 37.0 Å². The lowest BCUT2D eigenvalue weighted by atomic mass is 10.1. The minimum absolute atomic E-state index is 0.121. The summed E-state index contributed by atoms with van der Waals surface area (Å²) in [5, 5.41) is 0. The van der Waals surface area contributed by atoms with Gasteiger partial charge < -0.3 is 9.64 Å². The summed E-state index contributed by atoms with van der Waals surface area (Å²) in [6.45, 7) is 5.61. The lowest BCUT2D eigenvalue weighted by Gasteiger charge is -2.36. The molecule has 0 unspecified atom stereocenters. The minimum atomic E-state index is -3.81. The van der Waals surface area contributed by atoms with Crippen molar-refractivity contribution in [1.82, 2.24) is 13.9 Å². The molecule has 4 aromatic rings. The van der Waals surface area contributed by atoms with Gasteiger partial charge in [0.2, 0.25) is 0 Å². The topological polar surface area (TPSA) is 111 Å². The van der Waals surface area contributed by atoms with Crippen LogP contribution >= 0.6 is 0 Å². The molecule has 0 spiro atoms. The number of hydrogen-bond acceptors (Lipinski definition) is 8. The van der Waals surface area contributed by atoms with Gasteiger partial charge in [-0.15, -0.1) is 0 Å². The molecule has 5 rings (SSSR count). The second-order valence-electron chi connectivity index (χ2n) is 9.59. The Kier molecular flexibility index (Phi) is 7.01. The summed E-state index contributed by atoms with van der Waals surface area (Å²) >= 11 is 0. The average molecular weight is 555 g/mol. The third-order valence-corrected chi connectivity index (χ3v) is 9.32. The highest BCUT2D eigenvalue weighted by Gasteiger charge is 2.25. The number of morpholine rings is 1. The molecule has 1 fully saturated rings. The highest BCUT2D eigenvalue weighted by Crippen LogP contribution is 2.30. The van der Waals surface area contributed by atoms with Crippen LogP contribution in [0.1, 0.15) is 24.6 Å². The van der Waals surface area contributed by atoms with Crippen molar-refractivity contribution < 1.29 is 21.6 Å². The van der Waals surface area contributed by atoms with Gasteiger partial charge in [0.25, 0.3) is 10.0 Å². The maximum absolute atomic E-state index is 13.4. The molecule has 38 heavy (non-hydrogen) atoms. The normalized spacial score (nSPS) is 16.7. The third kappa shape index (κ3) is 5.18. The number of aromatic nitrogens is 3. The lowest BCUT2D eigenvalue weighted by Crippen LogP contribution is -2.45. The number of sulfone groups is 1. The van der Waals surface area contributed by atoms with Gasteiger partial charge in [-0.05, 0) is 61.4 Å². The molecule has 1 aliphatic rings. The van der Waals surface area contributed by atoms with Crippen molar-refractivity contribution in [3.8, 4) is 11.4 Å². The Morgan fingerprint density at radius 3 is 2.45 bits per heavy atom. The number of rotatable bonds is 7. The van der Waals surface area contributed by atoms with E-state index in [1.54, 1.807) is 61.5 Å². The van der Waals surface area contributed by atoms with Crippen LogP contribution < -0.4 is 4.90 Å². The number of hydrogen-bond donors (Lipinski definition) is 0. The molecule has 0 saturated carbocycles. The first-order valence-corrected chi connectivity index (χ1v) is 15.9. The van der Waals surface area contributed by atoms with Gasteiger partial charge in [-0.3, -0.25) is 0 Å². The largest absolute Gasteiger partial charge is 0.377 e. The predicted octanol–water partition coefficient (Wildman–Crippen LogP) is 3.80. The summed E-state index contributed by atoms with van der Waals surface area (Å²) in [6, 6.07) is 17.2. The molecule has 0 aliphatic carbocycles. The van der Waals surface area contributed by atoms with Gasteiger partial charge in [-0.2, -0.15) is 0 Å². The second kappa shape index (κ2) is 10.1. The quantitative estimate of drug-likeness (QED) is 0.339. The van der Waals surface area contributed by atoms with Crippen LogP contribution in [0.3, 0.4) is 0 Å². The van der Waals surface area contributed by atoms with Crippen molar-refractivity contribution >= 4 is 36.7 Å². The first-order chi connectivity index (χ1) is 18.1. The average Bonchev–Trinajstić information content (AvgIpc) is 3.23. The molecule has 200 valence electrons. The van der Waals surface area contributed by atoms with E-state index in [-0.39, 0.29) is 16.7 Å². The van der Waals surface area contributed by atoms with Crippen molar-refractivity contribution in [3.63, 3.8) is 0 Å². The molecule has 9 nitrogen and oxygen atoms in total. The van der Waals surface area contributed by atoms with E-state index >= 15 is 0 Å². The van der Waals surface area contributed by atoms with Crippen molar-refractivity contribution in [3.05, 3.63) is 71.9 Å². The number of benzene rings is 1. The Labute approximate surface area is 223 Å². The number of ether oxygens (including phenoxy) is 1. The van der Waals surface area contributed by atoms with Crippen LogP contribution in [0.4, 0.5) is 5.82 Å². The van der Waals surface area contributed by atoms with Crippen molar-refractivity contribution in [1.29, 1.82) is 0 Å². The summed E-state index contributed by atoms with van der Waals surface area (Å²) in [7, 11) is -7.10. The fourth-order valence-electron chi connectivity index (χ4n) is 4.88. The zero-order chi connectivity index (χ0) is 27.1. The third-order valence-electron chi connectivity index (χ3n) is 6.62. The summed E-state index contributed by atoms with van der Waals surface area (Å²) < 4.78 is 58.0. The van der Waals surface area contributed by atoms with Crippen LogP contribution in [0.2, 0.25) is 0 Å². The summed E-state index contributed by atoms with van der Waals surface area (Å²) in [5.74, 6) is 0.558. The minimum Gasteiger partial charge on any atom is -0.377 e. The molecular weight excluding hydrogens is 524 g/mol. The summed E-state index contributed by atoms with van der Waals surface area (Å²) in [5.41, 5.74) is 3.18. The molecule has 1 aliphatic heterocycles. The zero-order valence-electron chi connectivity index (χ0n) is 21.5. The van der Waals surface area contributed by atoms with Crippen LogP contribution in [0.15, 0.2) is 65.6 Å². The van der Waals surface area contributed by atoms with E-state index in [1.807, 2.05) is 6.07 Å². The van der Waals surface area contributed by atoms with Gasteiger partial charge in [0.1, 0.15) is 5.82 Å². The first-order valence-electron chi connectivity index (χ1n) is 12.4. The fourth-order valence-corrected chi connectivity index (χ4v) is 7.21. The van der Waals surface area contributed by atoms with E-state index in [0.29, 0.717) is 59.3 Å². The molecule has 1 saturated heterocycles. The summed E-state index contributed by atoms with van der Waals surface area (Å²) in [6.07, 6.45) is 2.07. The van der Waals surface area contributed by atoms with Crippen LogP contribution in [0.5, 0.6) is 0 Å². The monoisotopic (exact) mass is 554 g/mol. The van der Waals surface area contributed by atoms with Crippen LogP contribution in [-0.2, 0) is 30.4 Å². The van der Waals surface area contributed by atoms with Gasteiger partial charge >= 0.3 is 0 Å². The number of pyridine rings is 2. The van der Waals surface area contributed by atoms with E-state index in [0.717, 1.165) is 6.42 Å². The van der Waals surface area contributed by atoms with Gasteiger partial charge in [0, 0.05) is 18.5 Å². The van der Waals surface area contributed by atoms with Gasteiger partial charge in [0.15, 0.2) is 9.84 Å². The predicted molar refractivity (Wildman–Crippen MR) is 148 cm³/mol. The molecular formula is C27H30N4O5S2. The van der Waals surface area contributed by atoms with E-state index < -0.39 is 19.9 Å². The molecule has 1 atom stereocenters. The smallest absolute Gasteiger partial charge is 0.268 e. The van der Waals surface area contributed by atoms with Gasteiger partial charge in [-0.1, -0.05) is 25.1 Å². The highest BCUT2D eigenvalue weighted by atomic mass is 32.2. The van der Waals surface area contributed by atoms with Crippen LogP contribution in [0.25, 0.3) is 22.4 Å². The van der Waals surface area contributed by atoms with Gasteiger partial charge in [0.05, 0.1) is 52.3 Å². The molecule has 0 bridgehead atoms. The molecule has 0 N–H and O–H groups in total. The van der Waals surface area contributed by atoms with E-state index in [1.165, 1.54) is 10.2 Å². The van der Waals surface area contributed by atoms with Gasteiger partial charge in [-0.25, -0.2) is 30.8 Å². The van der Waals surface area contributed by atoms with Crippen LogP contribution in [-0.4, -0.2) is 62.8 Å². The molecule has 0 radical (unpaired) electrons. The highest BCUT2D eigenvalue weighted by molar-refractivity contribution is 7.90. The number of aryl methyl sites for hydroxylation is 1. The van der Waals surface area contributed by atoms with Crippen LogP contribution in [0, 0.1) is 6.92 Å². The Bertz CT molecular complexity index is 1700. The van der Waals surface area contributed by atoms with E-state index in [4.69, 9.17) is 14.7 Å². The Morgan fingerprint density at radius 1 is 0.974 bits per heavy atom. The SMILES string of the molecule is CC[C@H]1COCCN1c1cc(CS(C)(=O)=O)cc(-c2ccc3c(cc(C)n3S(=O)(=O)c3ccccc3)n2)n1. The Balaban J connectivity index is 1.62. The number of nitrogens with zero attached hydrogens (tertiary/aromatic N) is 4. The van der Waals surface area contributed by atoms with E-state index in [2.05, 4.69) is 11.8 Å².